The Morgan fingerprint density at radius 2 is 1.41 bits per heavy atom. The smallest absolute Gasteiger partial charge is 0.139 e. The van der Waals surface area contributed by atoms with Gasteiger partial charge in [0.05, 0.1) is 0 Å². The molecule has 3 atom stereocenters. The van der Waals surface area contributed by atoms with Crippen molar-refractivity contribution in [3.05, 3.63) is 0 Å². The van der Waals surface area contributed by atoms with Gasteiger partial charge < -0.3 is 0 Å². The number of ketones is 1. The van der Waals surface area contributed by atoms with E-state index in [0.29, 0.717) is 17.6 Å². The minimum absolute atomic E-state index is 0.433. The van der Waals surface area contributed by atoms with Crippen LogP contribution in [0.5, 0.6) is 0 Å². The SMILES string of the molecule is CCC1C(=O)C2CCCCCCCCCCC12. The Hall–Kier alpha value is -0.330. The molecule has 2 rings (SSSR count). The number of hydrogen-bond acceptors (Lipinski definition) is 1. The highest BCUT2D eigenvalue weighted by molar-refractivity contribution is 5.90. The molecule has 0 saturated heterocycles. The lowest BCUT2D eigenvalue weighted by Gasteiger charge is -2.43. The monoisotopic (exact) mass is 236 g/mol. The first-order valence-corrected chi connectivity index (χ1v) is 7.88. The van der Waals surface area contributed by atoms with Gasteiger partial charge in [0, 0.05) is 11.8 Å². The lowest BCUT2D eigenvalue weighted by molar-refractivity contribution is -0.144. The summed E-state index contributed by atoms with van der Waals surface area (Å²) >= 11 is 0. The molecule has 2 aliphatic rings. The van der Waals surface area contributed by atoms with E-state index in [1.807, 2.05) is 0 Å². The quantitative estimate of drug-likeness (QED) is 0.642. The van der Waals surface area contributed by atoms with Crippen LogP contribution in [0.25, 0.3) is 0 Å². The Morgan fingerprint density at radius 1 is 0.882 bits per heavy atom. The first-order chi connectivity index (χ1) is 8.34. The van der Waals surface area contributed by atoms with Gasteiger partial charge >= 0.3 is 0 Å². The van der Waals surface area contributed by atoms with E-state index in [1.165, 1.54) is 64.2 Å². The lowest BCUT2D eigenvalue weighted by atomic mass is 9.59. The summed E-state index contributed by atoms with van der Waals surface area (Å²) in [4.78, 5) is 12.0. The van der Waals surface area contributed by atoms with Crippen molar-refractivity contribution in [1.82, 2.24) is 0 Å². The van der Waals surface area contributed by atoms with Crippen molar-refractivity contribution in [3.63, 3.8) is 0 Å². The van der Waals surface area contributed by atoms with Crippen LogP contribution in [0, 0.1) is 17.8 Å². The van der Waals surface area contributed by atoms with Gasteiger partial charge in [0.2, 0.25) is 0 Å². The number of Topliss-reactive ketones (excluding diaryl/α,β-unsaturated/α-hetero) is 1. The molecule has 2 fully saturated rings. The van der Waals surface area contributed by atoms with Crippen molar-refractivity contribution in [2.45, 2.75) is 77.6 Å². The molecule has 1 heteroatoms. The second-order valence-corrected chi connectivity index (χ2v) is 6.09. The standard InChI is InChI=1S/C16H28O/c1-2-13-14-11-9-7-5-3-4-6-8-10-12-15(14)16(13)17/h13-15H,2-12H2,1H3. The number of carbonyl (C=O) groups excluding carboxylic acids is 1. The summed E-state index contributed by atoms with van der Waals surface area (Å²) in [6.07, 6.45) is 14.7. The van der Waals surface area contributed by atoms with Gasteiger partial charge in [-0.1, -0.05) is 58.3 Å². The molecule has 0 N–H and O–H groups in total. The van der Waals surface area contributed by atoms with Gasteiger partial charge in [0.25, 0.3) is 0 Å². The Balaban J connectivity index is 1.87. The molecular formula is C16H28O. The molecular weight excluding hydrogens is 208 g/mol. The fourth-order valence-corrected chi connectivity index (χ4v) is 3.93. The van der Waals surface area contributed by atoms with E-state index in [0.717, 1.165) is 12.3 Å². The first kappa shape index (κ1) is 13.1. The molecule has 3 unspecified atom stereocenters. The average molecular weight is 236 g/mol. The van der Waals surface area contributed by atoms with Crippen LogP contribution in [-0.4, -0.2) is 5.78 Å². The Morgan fingerprint density at radius 3 is 2.00 bits per heavy atom. The van der Waals surface area contributed by atoms with Crippen LogP contribution in [-0.2, 0) is 4.79 Å². The minimum Gasteiger partial charge on any atom is -0.299 e. The fraction of sp³-hybridized carbons (Fsp3) is 0.938. The van der Waals surface area contributed by atoms with Gasteiger partial charge in [-0.2, -0.15) is 0 Å². The molecule has 17 heavy (non-hydrogen) atoms. The van der Waals surface area contributed by atoms with Gasteiger partial charge in [-0.05, 0) is 25.2 Å². The summed E-state index contributed by atoms with van der Waals surface area (Å²) in [7, 11) is 0. The zero-order valence-electron chi connectivity index (χ0n) is 11.4. The predicted molar refractivity (Wildman–Crippen MR) is 71.9 cm³/mol. The highest BCUT2D eigenvalue weighted by atomic mass is 16.1. The second kappa shape index (κ2) is 6.56. The van der Waals surface area contributed by atoms with Crippen molar-refractivity contribution in [1.29, 1.82) is 0 Å². The molecule has 98 valence electrons. The van der Waals surface area contributed by atoms with Gasteiger partial charge in [-0.3, -0.25) is 4.79 Å². The predicted octanol–water partition coefficient (Wildman–Crippen LogP) is 4.74. The largest absolute Gasteiger partial charge is 0.299 e. The maximum atomic E-state index is 12.0. The van der Waals surface area contributed by atoms with Crippen molar-refractivity contribution < 1.29 is 4.79 Å². The normalized spacial score (nSPS) is 36.3. The molecule has 0 aliphatic heterocycles. The minimum atomic E-state index is 0.433. The van der Waals surface area contributed by atoms with Gasteiger partial charge in [-0.15, -0.1) is 0 Å². The van der Waals surface area contributed by atoms with Gasteiger partial charge in [0.15, 0.2) is 0 Å². The third-order valence-electron chi connectivity index (χ3n) is 5.01. The highest BCUT2D eigenvalue weighted by Gasteiger charge is 2.46. The summed E-state index contributed by atoms with van der Waals surface area (Å²) in [6.45, 7) is 2.19. The van der Waals surface area contributed by atoms with Crippen LogP contribution in [0.15, 0.2) is 0 Å². The molecule has 0 heterocycles. The molecule has 2 aliphatic carbocycles. The second-order valence-electron chi connectivity index (χ2n) is 6.09. The Kier molecular flexibility index (Phi) is 5.06. The fourth-order valence-electron chi connectivity index (χ4n) is 3.93. The summed E-state index contributed by atoms with van der Waals surface area (Å²) < 4.78 is 0. The average Bonchev–Trinajstić information content (AvgIpc) is 2.32. The molecule has 0 radical (unpaired) electrons. The summed E-state index contributed by atoms with van der Waals surface area (Å²) in [5.74, 6) is 2.25. The Labute approximate surface area is 106 Å². The number of fused-ring (bicyclic) bond motifs is 1. The maximum Gasteiger partial charge on any atom is 0.139 e. The molecule has 0 bridgehead atoms. The van der Waals surface area contributed by atoms with Crippen molar-refractivity contribution in [2.75, 3.05) is 0 Å². The van der Waals surface area contributed by atoms with E-state index in [9.17, 15) is 4.79 Å². The number of rotatable bonds is 1. The van der Waals surface area contributed by atoms with E-state index in [2.05, 4.69) is 6.92 Å². The summed E-state index contributed by atoms with van der Waals surface area (Å²) in [5.41, 5.74) is 0. The van der Waals surface area contributed by atoms with Crippen molar-refractivity contribution in [3.8, 4) is 0 Å². The third-order valence-corrected chi connectivity index (χ3v) is 5.01. The van der Waals surface area contributed by atoms with Gasteiger partial charge in [0.1, 0.15) is 5.78 Å². The molecule has 0 aromatic rings. The molecule has 0 amide bonds. The van der Waals surface area contributed by atoms with Crippen molar-refractivity contribution in [2.24, 2.45) is 17.8 Å². The van der Waals surface area contributed by atoms with Crippen LogP contribution in [0.3, 0.4) is 0 Å². The van der Waals surface area contributed by atoms with Crippen LogP contribution in [0.4, 0.5) is 0 Å². The number of hydrogen-bond donors (Lipinski definition) is 0. The zero-order chi connectivity index (χ0) is 12.1. The van der Waals surface area contributed by atoms with E-state index < -0.39 is 0 Å². The number of carbonyl (C=O) groups is 1. The lowest BCUT2D eigenvalue weighted by Crippen LogP contribution is -2.47. The molecule has 1 nitrogen and oxygen atoms in total. The molecule has 0 spiro atoms. The first-order valence-electron chi connectivity index (χ1n) is 7.88. The highest BCUT2D eigenvalue weighted by Crippen LogP contribution is 2.45. The van der Waals surface area contributed by atoms with Gasteiger partial charge in [-0.25, -0.2) is 0 Å². The third kappa shape index (κ3) is 3.11. The van der Waals surface area contributed by atoms with Crippen molar-refractivity contribution >= 4 is 5.78 Å². The molecule has 0 aromatic heterocycles. The molecule has 2 saturated carbocycles. The van der Waals surface area contributed by atoms with E-state index in [-0.39, 0.29) is 0 Å². The summed E-state index contributed by atoms with van der Waals surface area (Å²) in [5, 5.41) is 0. The van der Waals surface area contributed by atoms with Crippen LogP contribution in [0.2, 0.25) is 0 Å². The van der Waals surface area contributed by atoms with Crippen LogP contribution < -0.4 is 0 Å². The maximum absolute atomic E-state index is 12.0. The van der Waals surface area contributed by atoms with Crippen LogP contribution >= 0.6 is 0 Å². The van der Waals surface area contributed by atoms with E-state index >= 15 is 0 Å². The summed E-state index contributed by atoms with van der Waals surface area (Å²) in [6, 6.07) is 0. The van der Waals surface area contributed by atoms with E-state index in [1.54, 1.807) is 0 Å². The zero-order valence-corrected chi connectivity index (χ0v) is 11.4. The Bertz CT molecular complexity index is 246. The topological polar surface area (TPSA) is 17.1 Å². The van der Waals surface area contributed by atoms with Crippen LogP contribution in [0.1, 0.15) is 77.6 Å². The molecule has 0 aromatic carbocycles. The van der Waals surface area contributed by atoms with E-state index in [4.69, 9.17) is 0 Å².